The Bertz CT molecular complexity index is 564. The molecule has 0 saturated heterocycles. The summed E-state index contributed by atoms with van der Waals surface area (Å²) in [6.45, 7) is 2.65. The van der Waals surface area contributed by atoms with Crippen LogP contribution in [0.5, 0.6) is 5.75 Å². The SMILES string of the molecule is CCn1ncc(OC)c1C(N)c1ncc(Cl)cc1Cl. The van der Waals surface area contributed by atoms with E-state index < -0.39 is 6.04 Å². The molecule has 0 aliphatic rings. The van der Waals surface area contributed by atoms with Gasteiger partial charge in [0.1, 0.15) is 5.69 Å². The minimum atomic E-state index is -0.526. The van der Waals surface area contributed by atoms with E-state index in [1.807, 2.05) is 6.92 Å². The molecule has 2 aromatic rings. The Morgan fingerprint density at radius 3 is 2.74 bits per heavy atom. The highest BCUT2D eigenvalue weighted by atomic mass is 35.5. The number of halogens is 2. The van der Waals surface area contributed by atoms with Crippen molar-refractivity contribution < 1.29 is 4.74 Å². The first-order valence-corrected chi connectivity index (χ1v) is 6.50. The molecule has 0 saturated carbocycles. The van der Waals surface area contributed by atoms with Gasteiger partial charge in [-0.05, 0) is 13.0 Å². The van der Waals surface area contributed by atoms with Crippen molar-refractivity contribution in [2.75, 3.05) is 7.11 Å². The molecule has 1 atom stereocenters. The summed E-state index contributed by atoms with van der Waals surface area (Å²) in [6, 6.07) is 1.09. The fraction of sp³-hybridized carbons (Fsp3) is 0.333. The zero-order chi connectivity index (χ0) is 14.0. The number of methoxy groups -OCH3 is 1. The molecule has 0 fully saturated rings. The maximum atomic E-state index is 6.23. The van der Waals surface area contributed by atoms with E-state index in [0.29, 0.717) is 28.0 Å². The molecular formula is C12H14Cl2N4O. The molecule has 0 aliphatic heterocycles. The predicted molar refractivity (Wildman–Crippen MR) is 74.7 cm³/mol. The lowest BCUT2D eigenvalue weighted by Crippen LogP contribution is -2.19. The zero-order valence-corrected chi connectivity index (χ0v) is 12.1. The van der Waals surface area contributed by atoms with Crippen LogP contribution in [0, 0.1) is 0 Å². The van der Waals surface area contributed by atoms with Crippen molar-refractivity contribution in [2.24, 2.45) is 5.73 Å². The highest BCUT2D eigenvalue weighted by molar-refractivity contribution is 6.34. The standard InChI is InChI=1S/C12H14Cl2N4O/c1-3-18-12(9(19-2)6-17-18)10(15)11-8(14)4-7(13)5-16-11/h4-6,10H,3,15H2,1-2H3. The monoisotopic (exact) mass is 300 g/mol. The summed E-state index contributed by atoms with van der Waals surface area (Å²) in [7, 11) is 1.57. The molecule has 0 amide bonds. The first-order valence-electron chi connectivity index (χ1n) is 5.74. The quantitative estimate of drug-likeness (QED) is 0.943. The lowest BCUT2D eigenvalue weighted by Gasteiger charge is -2.15. The lowest BCUT2D eigenvalue weighted by atomic mass is 10.1. The number of rotatable bonds is 4. The number of nitrogens with two attached hydrogens (primary N) is 1. The smallest absolute Gasteiger partial charge is 0.161 e. The summed E-state index contributed by atoms with van der Waals surface area (Å²) in [5.41, 5.74) is 7.51. The maximum Gasteiger partial charge on any atom is 0.161 e. The Labute approximate surface area is 121 Å². The summed E-state index contributed by atoms with van der Waals surface area (Å²) in [5.74, 6) is 0.613. The molecule has 0 bridgehead atoms. The molecule has 5 nitrogen and oxygen atoms in total. The number of ether oxygens (including phenoxy) is 1. The molecule has 2 rings (SSSR count). The Balaban J connectivity index is 2.48. The van der Waals surface area contributed by atoms with Crippen molar-refractivity contribution in [1.82, 2.24) is 14.8 Å². The molecule has 102 valence electrons. The van der Waals surface area contributed by atoms with Gasteiger partial charge in [-0.1, -0.05) is 23.2 Å². The summed E-state index contributed by atoms with van der Waals surface area (Å²) >= 11 is 12.0. The molecule has 0 aliphatic carbocycles. The molecule has 2 aromatic heterocycles. The summed E-state index contributed by atoms with van der Waals surface area (Å²) in [4.78, 5) is 4.20. The van der Waals surface area contributed by atoms with Crippen LogP contribution in [0.25, 0.3) is 0 Å². The van der Waals surface area contributed by atoms with Gasteiger partial charge in [-0.2, -0.15) is 5.10 Å². The van der Waals surface area contributed by atoms with Crippen molar-refractivity contribution in [2.45, 2.75) is 19.5 Å². The third kappa shape index (κ3) is 2.68. The molecule has 1 unspecified atom stereocenters. The highest BCUT2D eigenvalue weighted by Crippen LogP contribution is 2.31. The Morgan fingerprint density at radius 1 is 1.42 bits per heavy atom. The summed E-state index contributed by atoms with van der Waals surface area (Å²) in [5, 5.41) is 5.11. The van der Waals surface area contributed by atoms with Crippen molar-refractivity contribution in [1.29, 1.82) is 0 Å². The number of pyridine rings is 1. The van der Waals surface area contributed by atoms with Crippen LogP contribution in [0.4, 0.5) is 0 Å². The second-order valence-electron chi connectivity index (χ2n) is 3.91. The average Bonchev–Trinajstić information content (AvgIpc) is 2.80. The number of hydrogen-bond acceptors (Lipinski definition) is 4. The van der Waals surface area contributed by atoms with Crippen LogP contribution in [0.15, 0.2) is 18.5 Å². The maximum absolute atomic E-state index is 6.23. The van der Waals surface area contributed by atoms with Crippen LogP contribution in [0.1, 0.15) is 24.4 Å². The van der Waals surface area contributed by atoms with E-state index in [-0.39, 0.29) is 0 Å². The number of aryl methyl sites for hydroxylation is 1. The van der Waals surface area contributed by atoms with Gasteiger partial charge in [-0.3, -0.25) is 9.67 Å². The van der Waals surface area contributed by atoms with Gasteiger partial charge in [-0.15, -0.1) is 0 Å². The fourth-order valence-corrected chi connectivity index (χ4v) is 2.38. The fourth-order valence-electron chi connectivity index (χ4n) is 1.88. The molecule has 2 heterocycles. The zero-order valence-electron chi connectivity index (χ0n) is 10.6. The first-order chi connectivity index (χ1) is 9.08. The second kappa shape index (κ2) is 5.77. The van der Waals surface area contributed by atoms with Gasteiger partial charge in [0, 0.05) is 12.7 Å². The van der Waals surface area contributed by atoms with E-state index in [0.717, 1.165) is 5.69 Å². The van der Waals surface area contributed by atoms with Crippen LogP contribution >= 0.6 is 23.2 Å². The van der Waals surface area contributed by atoms with E-state index in [2.05, 4.69) is 10.1 Å². The topological polar surface area (TPSA) is 66.0 Å². The van der Waals surface area contributed by atoms with Gasteiger partial charge in [0.05, 0.1) is 35.1 Å². The molecule has 0 radical (unpaired) electrons. The van der Waals surface area contributed by atoms with Gasteiger partial charge in [0.2, 0.25) is 0 Å². The largest absolute Gasteiger partial charge is 0.493 e. The van der Waals surface area contributed by atoms with Crippen molar-refractivity contribution in [3.8, 4) is 5.75 Å². The number of nitrogens with zero attached hydrogens (tertiary/aromatic N) is 3. The Hall–Kier alpha value is -1.30. The van der Waals surface area contributed by atoms with Crippen LogP contribution in [-0.2, 0) is 6.54 Å². The summed E-state index contributed by atoms with van der Waals surface area (Å²) in [6.07, 6.45) is 3.14. The van der Waals surface area contributed by atoms with E-state index >= 15 is 0 Å². The molecule has 2 N–H and O–H groups in total. The number of aromatic nitrogens is 3. The third-order valence-corrected chi connectivity index (χ3v) is 3.30. The third-order valence-electron chi connectivity index (χ3n) is 2.79. The van der Waals surface area contributed by atoms with Crippen LogP contribution in [0.2, 0.25) is 10.0 Å². The average molecular weight is 301 g/mol. The molecule has 0 spiro atoms. The number of hydrogen-bond donors (Lipinski definition) is 1. The van der Waals surface area contributed by atoms with Gasteiger partial charge in [0.25, 0.3) is 0 Å². The van der Waals surface area contributed by atoms with E-state index in [1.54, 1.807) is 24.1 Å². The predicted octanol–water partition coefficient (Wildman–Crippen LogP) is 2.66. The first kappa shape index (κ1) is 14.1. The molecule has 19 heavy (non-hydrogen) atoms. The second-order valence-corrected chi connectivity index (χ2v) is 4.76. The molecule has 7 heteroatoms. The highest BCUT2D eigenvalue weighted by Gasteiger charge is 2.23. The normalized spacial score (nSPS) is 12.5. The van der Waals surface area contributed by atoms with Crippen LogP contribution in [0.3, 0.4) is 0 Å². The minimum Gasteiger partial charge on any atom is -0.493 e. The van der Waals surface area contributed by atoms with Gasteiger partial charge < -0.3 is 10.5 Å². The Kier molecular flexibility index (Phi) is 4.29. The van der Waals surface area contributed by atoms with Crippen LogP contribution in [-0.4, -0.2) is 21.9 Å². The van der Waals surface area contributed by atoms with E-state index in [1.165, 1.54) is 6.20 Å². The van der Waals surface area contributed by atoms with E-state index in [4.69, 9.17) is 33.7 Å². The molecule has 0 aromatic carbocycles. The van der Waals surface area contributed by atoms with Gasteiger partial charge in [-0.25, -0.2) is 0 Å². The Morgan fingerprint density at radius 2 is 2.16 bits per heavy atom. The van der Waals surface area contributed by atoms with Crippen molar-refractivity contribution in [3.63, 3.8) is 0 Å². The van der Waals surface area contributed by atoms with Crippen LogP contribution < -0.4 is 10.5 Å². The van der Waals surface area contributed by atoms with Gasteiger partial charge in [0.15, 0.2) is 5.75 Å². The van der Waals surface area contributed by atoms with Crippen molar-refractivity contribution >= 4 is 23.2 Å². The minimum absolute atomic E-state index is 0.422. The lowest BCUT2D eigenvalue weighted by molar-refractivity contribution is 0.404. The molecular weight excluding hydrogens is 287 g/mol. The summed E-state index contributed by atoms with van der Waals surface area (Å²) < 4.78 is 7.03. The van der Waals surface area contributed by atoms with Gasteiger partial charge >= 0.3 is 0 Å². The van der Waals surface area contributed by atoms with E-state index in [9.17, 15) is 0 Å². The van der Waals surface area contributed by atoms with Crippen molar-refractivity contribution in [3.05, 3.63) is 39.9 Å².